The van der Waals surface area contributed by atoms with Gasteiger partial charge < -0.3 is 9.47 Å². The number of rotatable bonds is 6. The predicted molar refractivity (Wildman–Crippen MR) is 125 cm³/mol. The van der Waals surface area contributed by atoms with Gasteiger partial charge in [-0.3, -0.25) is 0 Å². The third-order valence-corrected chi connectivity index (χ3v) is 6.43. The van der Waals surface area contributed by atoms with Gasteiger partial charge in [-0.2, -0.15) is 26.3 Å². The first kappa shape index (κ1) is 24.5. The van der Waals surface area contributed by atoms with E-state index in [1.807, 2.05) is 12.1 Å². The van der Waals surface area contributed by atoms with E-state index in [1.54, 1.807) is 24.3 Å². The lowest BCUT2D eigenvalue weighted by Gasteiger charge is -2.16. The molecule has 4 aromatic rings. The van der Waals surface area contributed by atoms with Crippen LogP contribution in [0.5, 0.6) is 23.0 Å². The van der Waals surface area contributed by atoms with Crippen LogP contribution in [0.3, 0.4) is 0 Å². The first-order valence-electron chi connectivity index (χ1n) is 11.3. The van der Waals surface area contributed by atoms with Gasteiger partial charge in [0.15, 0.2) is 0 Å². The minimum atomic E-state index is -4.49. The van der Waals surface area contributed by atoms with Gasteiger partial charge in [-0.25, -0.2) is 21.7 Å². The smallest absolute Gasteiger partial charge is 0.426 e. The van der Waals surface area contributed by atoms with E-state index < -0.39 is 23.7 Å². The largest absolute Gasteiger partial charge is 0.457 e. The zero-order valence-corrected chi connectivity index (χ0v) is 19.2. The van der Waals surface area contributed by atoms with Crippen LogP contribution in [0.2, 0.25) is 0 Å². The lowest BCUT2D eigenvalue weighted by atomic mass is 10.0. The molecular formula is C26H18F6N4O2. The van der Waals surface area contributed by atoms with E-state index in [-0.39, 0.29) is 11.1 Å². The maximum absolute atomic E-state index is 13.2. The summed E-state index contributed by atoms with van der Waals surface area (Å²) in [7, 11) is 0. The molecule has 196 valence electrons. The lowest BCUT2D eigenvalue weighted by Crippen LogP contribution is -2.34. The van der Waals surface area contributed by atoms with Crippen LogP contribution in [0.15, 0.2) is 84.9 Å². The molecule has 4 aromatic carbocycles. The summed E-state index contributed by atoms with van der Waals surface area (Å²) < 4.78 is 91.1. The van der Waals surface area contributed by atoms with Crippen molar-refractivity contribution >= 4 is 10.8 Å². The second kappa shape index (κ2) is 8.33. The van der Waals surface area contributed by atoms with Gasteiger partial charge in [0.25, 0.3) is 0 Å². The topological polar surface area (TPSA) is 106 Å². The first-order chi connectivity index (χ1) is 18.0. The standard InChI is InChI=1S/C26H18F6N4O2/c27-25(28,29)23(33-34-23)17-3-9-19(10-4-17)37-21-7-1-15-2-8-22(14-16(15)13-21)38-20-11-5-18(6-12-20)24(35-36-24)26(30,31)32/h1-14,33-36H. The van der Waals surface area contributed by atoms with Crippen molar-refractivity contribution in [2.24, 2.45) is 0 Å². The molecule has 0 aromatic heterocycles. The van der Waals surface area contributed by atoms with Gasteiger partial charge in [0.2, 0.25) is 11.3 Å². The van der Waals surface area contributed by atoms with E-state index in [9.17, 15) is 26.3 Å². The molecule has 4 N–H and O–H groups in total. The number of ether oxygens (including phenoxy) is 2. The summed E-state index contributed by atoms with van der Waals surface area (Å²) in [5, 5.41) is 1.64. The van der Waals surface area contributed by atoms with Crippen molar-refractivity contribution in [1.29, 1.82) is 0 Å². The van der Waals surface area contributed by atoms with E-state index in [0.29, 0.717) is 23.0 Å². The van der Waals surface area contributed by atoms with Crippen LogP contribution in [0, 0.1) is 0 Å². The number of benzene rings is 4. The molecule has 0 saturated carbocycles. The summed E-state index contributed by atoms with van der Waals surface area (Å²) in [6.45, 7) is 0. The zero-order chi connectivity index (χ0) is 26.8. The highest BCUT2D eigenvalue weighted by Crippen LogP contribution is 2.44. The molecular weight excluding hydrogens is 514 g/mol. The Kier molecular flexibility index (Phi) is 5.37. The molecule has 6 nitrogen and oxygen atoms in total. The van der Waals surface area contributed by atoms with Gasteiger partial charge in [-0.15, -0.1) is 0 Å². The van der Waals surface area contributed by atoms with Crippen molar-refractivity contribution in [3.8, 4) is 23.0 Å². The van der Waals surface area contributed by atoms with Gasteiger partial charge in [0, 0.05) is 0 Å². The normalized spacial score (nSPS) is 17.7. The molecule has 38 heavy (non-hydrogen) atoms. The molecule has 0 spiro atoms. The molecule has 0 aliphatic carbocycles. The fourth-order valence-electron chi connectivity index (χ4n) is 4.17. The molecule has 0 atom stereocenters. The Morgan fingerprint density at radius 1 is 0.447 bits per heavy atom. The van der Waals surface area contributed by atoms with Crippen molar-refractivity contribution in [3.05, 3.63) is 96.1 Å². The number of hydrogen-bond donors (Lipinski definition) is 4. The van der Waals surface area contributed by atoms with Gasteiger partial charge >= 0.3 is 12.4 Å². The highest BCUT2D eigenvalue weighted by Gasteiger charge is 2.66. The Bertz CT molecular complexity index is 1390. The highest BCUT2D eigenvalue weighted by atomic mass is 19.4. The molecule has 0 radical (unpaired) electrons. The van der Waals surface area contributed by atoms with E-state index in [1.165, 1.54) is 48.5 Å². The second-order valence-corrected chi connectivity index (χ2v) is 8.92. The Morgan fingerprint density at radius 2 is 0.789 bits per heavy atom. The Hall–Kier alpha value is -3.84. The van der Waals surface area contributed by atoms with Crippen LogP contribution in [-0.4, -0.2) is 12.4 Å². The summed E-state index contributed by atoms with van der Waals surface area (Å²) >= 11 is 0. The van der Waals surface area contributed by atoms with Gasteiger partial charge in [-0.05, 0) is 70.4 Å². The first-order valence-corrected chi connectivity index (χ1v) is 11.3. The molecule has 2 fully saturated rings. The number of nitrogens with one attached hydrogen (secondary N) is 4. The van der Waals surface area contributed by atoms with E-state index in [4.69, 9.17) is 9.47 Å². The maximum atomic E-state index is 13.2. The molecule has 2 aliphatic heterocycles. The summed E-state index contributed by atoms with van der Waals surface area (Å²) in [5.74, 6) is 1.63. The third kappa shape index (κ3) is 4.21. The maximum Gasteiger partial charge on any atom is 0.426 e. The number of halogens is 6. The number of fused-ring (bicyclic) bond motifs is 1. The van der Waals surface area contributed by atoms with Crippen molar-refractivity contribution in [1.82, 2.24) is 21.7 Å². The third-order valence-electron chi connectivity index (χ3n) is 6.43. The molecule has 2 heterocycles. The summed E-state index contributed by atoms with van der Waals surface area (Å²) in [6, 6.07) is 21.7. The fourth-order valence-corrected chi connectivity index (χ4v) is 4.17. The van der Waals surface area contributed by atoms with Crippen LogP contribution in [0.25, 0.3) is 10.8 Å². The average molecular weight is 532 g/mol. The summed E-state index contributed by atoms with van der Waals surface area (Å²) in [6.07, 6.45) is -8.99. The molecule has 0 unspecified atom stereocenters. The summed E-state index contributed by atoms with van der Waals surface area (Å²) in [5.41, 5.74) is 4.18. The van der Waals surface area contributed by atoms with Crippen LogP contribution in [-0.2, 0) is 11.3 Å². The van der Waals surface area contributed by atoms with Gasteiger partial charge in [0.1, 0.15) is 23.0 Å². The number of hydrazine groups is 2. The van der Waals surface area contributed by atoms with Crippen molar-refractivity contribution in [2.45, 2.75) is 23.7 Å². The average Bonchev–Trinajstić information content (AvgIpc) is 3.78. The monoisotopic (exact) mass is 532 g/mol. The fraction of sp³-hybridized carbons (Fsp3) is 0.154. The highest BCUT2D eigenvalue weighted by molar-refractivity contribution is 5.85. The Balaban J connectivity index is 1.17. The van der Waals surface area contributed by atoms with E-state index in [2.05, 4.69) is 21.7 Å². The zero-order valence-electron chi connectivity index (χ0n) is 19.2. The van der Waals surface area contributed by atoms with E-state index in [0.717, 1.165) is 10.8 Å². The SMILES string of the molecule is FC(F)(F)C1(c2ccc(Oc3ccc4ccc(Oc5ccc(C6(C(F)(F)F)NN6)cc5)cc4c3)cc2)NN1. The van der Waals surface area contributed by atoms with Crippen LogP contribution >= 0.6 is 0 Å². The minimum Gasteiger partial charge on any atom is -0.457 e. The lowest BCUT2D eigenvalue weighted by molar-refractivity contribution is -0.166. The van der Waals surface area contributed by atoms with Crippen molar-refractivity contribution < 1.29 is 35.8 Å². The van der Waals surface area contributed by atoms with Crippen molar-refractivity contribution in [3.63, 3.8) is 0 Å². The van der Waals surface area contributed by atoms with Crippen LogP contribution in [0.4, 0.5) is 26.3 Å². The predicted octanol–water partition coefficient (Wildman–Crippen LogP) is 6.07. The van der Waals surface area contributed by atoms with E-state index >= 15 is 0 Å². The molecule has 0 amide bonds. The van der Waals surface area contributed by atoms with Gasteiger partial charge in [-0.1, -0.05) is 36.4 Å². The second-order valence-electron chi connectivity index (χ2n) is 8.92. The quantitative estimate of drug-likeness (QED) is 0.177. The minimum absolute atomic E-state index is 0.0175. The molecule has 0 bridgehead atoms. The number of alkyl halides is 6. The van der Waals surface area contributed by atoms with Crippen molar-refractivity contribution in [2.75, 3.05) is 0 Å². The molecule has 2 saturated heterocycles. The van der Waals surface area contributed by atoms with Crippen LogP contribution < -0.4 is 31.2 Å². The Morgan fingerprint density at radius 3 is 1.11 bits per heavy atom. The number of hydrogen-bond acceptors (Lipinski definition) is 6. The Labute approximate surface area is 211 Å². The summed E-state index contributed by atoms with van der Waals surface area (Å²) in [4.78, 5) is 0. The molecule has 12 heteroatoms. The molecule has 2 aliphatic rings. The van der Waals surface area contributed by atoms with Gasteiger partial charge in [0.05, 0.1) is 0 Å². The van der Waals surface area contributed by atoms with Crippen LogP contribution in [0.1, 0.15) is 11.1 Å². The molecule has 6 rings (SSSR count).